The van der Waals surface area contributed by atoms with Crippen LogP contribution in [0.1, 0.15) is 44.6 Å². The Morgan fingerprint density at radius 1 is 1.24 bits per heavy atom. The van der Waals surface area contributed by atoms with E-state index in [4.69, 9.17) is 5.73 Å². The van der Waals surface area contributed by atoms with Gasteiger partial charge in [-0.25, -0.2) is 13.4 Å². The average molecular weight is 360 g/mol. The van der Waals surface area contributed by atoms with Crippen molar-refractivity contribution in [3.8, 4) is 11.1 Å². The van der Waals surface area contributed by atoms with Crippen LogP contribution in [0.25, 0.3) is 11.1 Å². The summed E-state index contributed by atoms with van der Waals surface area (Å²) in [5, 5.41) is 3.22. The summed E-state index contributed by atoms with van der Waals surface area (Å²) in [5.74, 6) is 1.38. The largest absolute Gasteiger partial charge is 0.370 e. The van der Waals surface area contributed by atoms with Crippen molar-refractivity contribution in [2.75, 3.05) is 23.3 Å². The summed E-state index contributed by atoms with van der Waals surface area (Å²) in [6.45, 7) is 4.37. The smallest absolute Gasteiger partial charge is 0.221 e. The van der Waals surface area contributed by atoms with Crippen molar-refractivity contribution in [3.05, 3.63) is 30.0 Å². The number of anilines is 2. The summed E-state index contributed by atoms with van der Waals surface area (Å²) in [7, 11) is -3.23. The van der Waals surface area contributed by atoms with Gasteiger partial charge in [0.1, 0.15) is 5.82 Å². The molecule has 134 valence electrons. The first-order chi connectivity index (χ1) is 12.0. The van der Waals surface area contributed by atoms with Crippen LogP contribution in [0.15, 0.2) is 29.3 Å². The van der Waals surface area contributed by atoms with Crippen LogP contribution in [-0.2, 0) is 9.84 Å². The molecule has 3 rings (SSSR count). The van der Waals surface area contributed by atoms with Gasteiger partial charge in [0.2, 0.25) is 5.95 Å². The van der Waals surface area contributed by atoms with Crippen LogP contribution < -0.4 is 11.1 Å². The summed E-state index contributed by atoms with van der Waals surface area (Å²) in [6.07, 6.45) is 5.04. The molecule has 3 N–H and O–H groups in total. The van der Waals surface area contributed by atoms with Crippen molar-refractivity contribution >= 4 is 21.6 Å². The fourth-order valence-corrected chi connectivity index (χ4v) is 4.01. The normalized spacial score (nSPS) is 15.0. The van der Waals surface area contributed by atoms with E-state index in [-0.39, 0.29) is 11.7 Å². The van der Waals surface area contributed by atoms with Crippen LogP contribution in [-0.4, -0.2) is 30.7 Å². The molecule has 1 aromatic carbocycles. The second-order valence-electron chi connectivity index (χ2n) is 6.30. The van der Waals surface area contributed by atoms with E-state index < -0.39 is 9.84 Å². The topological polar surface area (TPSA) is 98.0 Å². The first-order valence-electron chi connectivity index (χ1n) is 8.69. The van der Waals surface area contributed by atoms with E-state index in [1.807, 2.05) is 19.1 Å². The summed E-state index contributed by atoms with van der Waals surface area (Å²) in [6, 6.07) is 5.40. The lowest BCUT2D eigenvalue weighted by Crippen LogP contribution is -2.13. The molecule has 0 radical (unpaired) electrons. The molecule has 1 fully saturated rings. The number of nitrogens with zero attached hydrogens (tertiary/aromatic N) is 2. The molecule has 1 aliphatic carbocycles. The summed E-state index contributed by atoms with van der Waals surface area (Å²) >= 11 is 0. The molecule has 1 heterocycles. The van der Waals surface area contributed by atoms with Crippen LogP contribution in [0.3, 0.4) is 0 Å². The van der Waals surface area contributed by atoms with Gasteiger partial charge in [-0.15, -0.1) is 0 Å². The van der Waals surface area contributed by atoms with E-state index in [0.717, 1.165) is 29.5 Å². The van der Waals surface area contributed by atoms with E-state index in [1.165, 1.54) is 6.42 Å². The van der Waals surface area contributed by atoms with Gasteiger partial charge in [-0.3, -0.25) is 0 Å². The maximum absolute atomic E-state index is 12.3. The minimum atomic E-state index is -3.23. The van der Waals surface area contributed by atoms with Gasteiger partial charge >= 0.3 is 0 Å². The van der Waals surface area contributed by atoms with Gasteiger partial charge in [-0.05, 0) is 48.9 Å². The van der Waals surface area contributed by atoms with Crippen molar-refractivity contribution < 1.29 is 8.42 Å². The molecule has 0 amide bonds. The molecule has 1 aromatic heterocycles. The second-order valence-corrected chi connectivity index (χ2v) is 8.58. The second kappa shape index (κ2) is 7.00. The van der Waals surface area contributed by atoms with Crippen molar-refractivity contribution in [2.24, 2.45) is 0 Å². The van der Waals surface area contributed by atoms with Gasteiger partial charge in [0, 0.05) is 18.3 Å². The van der Waals surface area contributed by atoms with Gasteiger partial charge in [-0.2, -0.15) is 4.98 Å². The molecule has 0 spiro atoms. The Balaban J connectivity index is 2.16. The van der Waals surface area contributed by atoms with Crippen LogP contribution >= 0.6 is 0 Å². The zero-order chi connectivity index (χ0) is 18.0. The predicted molar refractivity (Wildman–Crippen MR) is 100 cm³/mol. The fraction of sp³-hybridized carbons (Fsp3) is 0.444. The number of rotatable bonds is 6. The van der Waals surface area contributed by atoms with Crippen LogP contribution in [0.4, 0.5) is 11.8 Å². The summed E-state index contributed by atoms with van der Waals surface area (Å²) in [4.78, 5) is 8.84. The van der Waals surface area contributed by atoms with E-state index in [2.05, 4.69) is 15.3 Å². The predicted octanol–water partition coefficient (Wildman–Crippen LogP) is 3.22. The Morgan fingerprint density at radius 2 is 2.00 bits per heavy atom. The van der Waals surface area contributed by atoms with Gasteiger partial charge in [0.25, 0.3) is 0 Å². The molecule has 0 aliphatic heterocycles. The molecule has 2 aromatic rings. The van der Waals surface area contributed by atoms with Gasteiger partial charge in [-0.1, -0.05) is 19.4 Å². The molecule has 0 atom stereocenters. The average Bonchev–Trinajstić information content (AvgIpc) is 2.54. The number of nitrogens with one attached hydrogen (secondary N) is 1. The van der Waals surface area contributed by atoms with Crippen LogP contribution in [0, 0.1) is 0 Å². The summed E-state index contributed by atoms with van der Waals surface area (Å²) < 4.78 is 24.6. The lowest BCUT2D eigenvalue weighted by atomic mass is 9.77. The van der Waals surface area contributed by atoms with E-state index in [1.54, 1.807) is 19.2 Å². The van der Waals surface area contributed by atoms with E-state index in [9.17, 15) is 8.42 Å². The maximum Gasteiger partial charge on any atom is 0.221 e. The van der Waals surface area contributed by atoms with Crippen molar-refractivity contribution in [1.29, 1.82) is 0 Å². The highest BCUT2D eigenvalue weighted by atomic mass is 32.2. The third-order valence-electron chi connectivity index (χ3n) is 4.75. The molecular formula is C18H24N4O2S. The zero-order valence-corrected chi connectivity index (χ0v) is 15.4. The first-order valence-corrected chi connectivity index (χ1v) is 10.3. The zero-order valence-electron chi connectivity index (χ0n) is 14.6. The Bertz CT molecular complexity index is 877. The first kappa shape index (κ1) is 17.7. The number of hydrogen-bond donors (Lipinski definition) is 2. The van der Waals surface area contributed by atoms with Crippen molar-refractivity contribution in [2.45, 2.75) is 43.9 Å². The molecule has 7 heteroatoms. The number of sulfone groups is 1. The Morgan fingerprint density at radius 3 is 2.60 bits per heavy atom. The number of aromatic nitrogens is 2. The monoisotopic (exact) mass is 360 g/mol. The molecule has 0 bridgehead atoms. The highest BCUT2D eigenvalue weighted by molar-refractivity contribution is 7.91. The fourth-order valence-electron chi connectivity index (χ4n) is 3.10. The molecule has 1 aliphatic rings. The van der Waals surface area contributed by atoms with Crippen molar-refractivity contribution in [3.63, 3.8) is 0 Å². The highest BCUT2D eigenvalue weighted by Gasteiger charge is 2.26. The van der Waals surface area contributed by atoms with Crippen LogP contribution in [0.5, 0.6) is 0 Å². The molecule has 0 saturated heterocycles. The quantitative estimate of drug-likeness (QED) is 0.821. The van der Waals surface area contributed by atoms with Gasteiger partial charge in [0.15, 0.2) is 9.84 Å². The Hall–Kier alpha value is -2.15. The molecule has 25 heavy (non-hydrogen) atoms. The van der Waals surface area contributed by atoms with Gasteiger partial charge in [0.05, 0.1) is 10.6 Å². The molecular weight excluding hydrogens is 336 g/mol. The Labute approximate surface area is 148 Å². The standard InChI is InChI=1S/C18H24N4O2S/c1-3-20-17-16(11-21-18(19)22-17)14-9-8-13(25(23,24)4-2)10-15(14)12-6-5-7-12/h8-12H,3-7H2,1-2H3,(H3,19,20,21,22). The number of nitrogens with two attached hydrogens (primary N) is 1. The van der Waals surface area contributed by atoms with Gasteiger partial charge < -0.3 is 11.1 Å². The van der Waals surface area contributed by atoms with E-state index in [0.29, 0.717) is 23.2 Å². The minimum absolute atomic E-state index is 0.101. The SMILES string of the molecule is CCNc1nc(N)ncc1-c1ccc(S(=O)(=O)CC)cc1C1CCC1. The number of hydrogen-bond acceptors (Lipinski definition) is 6. The molecule has 6 nitrogen and oxygen atoms in total. The Kier molecular flexibility index (Phi) is 4.94. The number of nitrogen functional groups attached to an aromatic ring is 1. The lowest BCUT2D eigenvalue weighted by Gasteiger charge is -2.29. The van der Waals surface area contributed by atoms with E-state index >= 15 is 0 Å². The maximum atomic E-state index is 12.3. The van der Waals surface area contributed by atoms with Crippen LogP contribution in [0.2, 0.25) is 0 Å². The summed E-state index contributed by atoms with van der Waals surface area (Å²) in [5.41, 5.74) is 8.63. The van der Waals surface area contributed by atoms with Crippen molar-refractivity contribution in [1.82, 2.24) is 9.97 Å². The molecule has 0 unspecified atom stereocenters. The third-order valence-corrected chi connectivity index (χ3v) is 6.48. The minimum Gasteiger partial charge on any atom is -0.370 e. The highest BCUT2D eigenvalue weighted by Crippen LogP contribution is 2.43. The number of benzene rings is 1. The third kappa shape index (κ3) is 3.46. The molecule has 1 saturated carbocycles. The lowest BCUT2D eigenvalue weighted by molar-refractivity contribution is 0.420.